The summed E-state index contributed by atoms with van der Waals surface area (Å²) in [5, 5.41) is 3.97. The lowest BCUT2D eigenvalue weighted by Gasteiger charge is -2.27. The van der Waals surface area contributed by atoms with Gasteiger partial charge in [-0.25, -0.2) is 22.8 Å². The van der Waals surface area contributed by atoms with Gasteiger partial charge in [-0.3, -0.25) is 4.79 Å². The summed E-state index contributed by atoms with van der Waals surface area (Å²) in [5.74, 6) is -0.0810. The van der Waals surface area contributed by atoms with Crippen LogP contribution >= 0.6 is 0 Å². The fourth-order valence-electron chi connectivity index (χ4n) is 4.52. The summed E-state index contributed by atoms with van der Waals surface area (Å²) in [4.78, 5) is 17.7. The maximum Gasteiger partial charge on any atom is 0.282 e. The highest BCUT2D eigenvalue weighted by Gasteiger charge is 2.27. The Balaban J connectivity index is 1.55. The number of aromatic nitrogens is 4. The Kier molecular flexibility index (Phi) is 5.92. The van der Waals surface area contributed by atoms with Crippen LogP contribution in [0.25, 0.3) is 5.69 Å². The van der Waals surface area contributed by atoms with Crippen molar-refractivity contribution in [1.82, 2.24) is 19.3 Å². The van der Waals surface area contributed by atoms with Crippen molar-refractivity contribution >= 4 is 0 Å². The van der Waals surface area contributed by atoms with Gasteiger partial charge < -0.3 is 9.30 Å². The van der Waals surface area contributed by atoms with Crippen molar-refractivity contribution in [1.29, 1.82) is 0 Å². The molecule has 0 radical (unpaired) electrons. The van der Waals surface area contributed by atoms with Crippen LogP contribution in [0.2, 0.25) is 0 Å². The minimum absolute atomic E-state index is 0.157. The van der Waals surface area contributed by atoms with E-state index in [0.29, 0.717) is 17.7 Å². The highest BCUT2D eigenvalue weighted by Crippen LogP contribution is 2.34. The number of alkyl halides is 2. The molecular formula is C26H23F3N4O2. The van der Waals surface area contributed by atoms with E-state index < -0.39 is 29.5 Å². The number of imidazole rings is 1. The fourth-order valence-corrected chi connectivity index (χ4v) is 4.52. The van der Waals surface area contributed by atoms with Crippen molar-refractivity contribution in [3.05, 3.63) is 105 Å². The standard InChI is InChI=1S/C26H23F3N4O2/c1-15-9-17(3-5-22(15)32-13-16(2)30-14-32)10-18-11-21(25(28)29)31-33(26(18)34)23-7-8-35-24-6-4-19(27)12-20(23)24/h3-6,9,11-14,23,25H,7-8,10H2,1-2H3. The van der Waals surface area contributed by atoms with Crippen LogP contribution in [-0.2, 0) is 6.42 Å². The molecule has 4 aromatic rings. The third-order valence-corrected chi connectivity index (χ3v) is 6.17. The van der Waals surface area contributed by atoms with Crippen molar-refractivity contribution in [2.45, 2.75) is 39.2 Å². The van der Waals surface area contributed by atoms with Gasteiger partial charge in [-0.05, 0) is 55.3 Å². The lowest BCUT2D eigenvalue weighted by atomic mass is 9.99. The molecule has 1 aliphatic heterocycles. The first-order valence-corrected chi connectivity index (χ1v) is 11.2. The minimum Gasteiger partial charge on any atom is -0.493 e. The molecule has 6 nitrogen and oxygen atoms in total. The zero-order valence-corrected chi connectivity index (χ0v) is 19.2. The van der Waals surface area contributed by atoms with E-state index in [-0.39, 0.29) is 18.6 Å². The Morgan fingerprint density at radius 1 is 1.14 bits per heavy atom. The zero-order chi connectivity index (χ0) is 24.7. The van der Waals surface area contributed by atoms with Crippen molar-refractivity contribution in [2.24, 2.45) is 0 Å². The van der Waals surface area contributed by atoms with Crippen LogP contribution in [0.5, 0.6) is 5.75 Å². The Hall–Kier alpha value is -3.88. The van der Waals surface area contributed by atoms with Crippen LogP contribution in [0.1, 0.15) is 52.5 Å². The number of nitrogens with zero attached hydrogens (tertiary/aromatic N) is 4. The van der Waals surface area contributed by atoms with E-state index >= 15 is 0 Å². The van der Waals surface area contributed by atoms with E-state index in [0.717, 1.165) is 33.3 Å². The van der Waals surface area contributed by atoms with Gasteiger partial charge in [0.2, 0.25) is 0 Å². The van der Waals surface area contributed by atoms with Gasteiger partial charge in [0.15, 0.2) is 0 Å². The van der Waals surface area contributed by atoms with E-state index in [2.05, 4.69) is 10.1 Å². The summed E-state index contributed by atoms with van der Waals surface area (Å²) in [6.45, 7) is 4.11. The summed E-state index contributed by atoms with van der Waals surface area (Å²) in [6.07, 6.45) is 1.24. The molecular weight excluding hydrogens is 457 g/mol. The molecule has 0 fully saturated rings. The molecule has 1 unspecified atom stereocenters. The SMILES string of the molecule is Cc1cn(-c2ccc(Cc3cc(C(F)F)nn(C4CCOc5ccc(F)cc54)c3=O)cc2C)cn1. The van der Waals surface area contributed by atoms with Gasteiger partial charge in [-0.2, -0.15) is 5.10 Å². The van der Waals surface area contributed by atoms with Gasteiger partial charge in [-0.1, -0.05) is 12.1 Å². The van der Waals surface area contributed by atoms with Crippen LogP contribution in [0.3, 0.4) is 0 Å². The molecule has 9 heteroatoms. The van der Waals surface area contributed by atoms with Gasteiger partial charge in [0.25, 0.3) is 12.0 Å². The zero-order valence-electron chi connectivity index (χ0n) is 19.2. The molecule has 2 aromatic carbocycles. The van der Waals surface area contributed by atoms with E-state index in [9.17, 15) is 18.0 Å². The van der Waals surface area contributed by atoms with Crippen LogP contribution in [0, 0.1) is 19.7 Å². The molecule has 0 N–H and O–H groups in total. The molecule has 2 aromatic heterocycles. The Morgan fingerprint density at radius 2 is 1.97 bits per heavy atom. The van der Waals surface area contributed by atoms with Crippen LogP contribution in [0.15, 0.2) is 59.8 Å². The quantitative estimate of drug-likeness (QED) is 0.400. The van der Waals surface area contributed by atoms with Crippen molar-refractivity contribution in [3.63, 3.8) is 0 Å². The number of hydrogen-bond acceptors (Lipinski definition) is 4. The third-order valence-electron chi connectivity index (χ3n) is 6.17. The summed E-state index contributed by atoms with van der Waals surface area (Å²) in [7, 11) is 0. The molecule has 35 heavy (non-hydrogen) atoms. The number of hydrogen-bond donors (Lipinski definition) is 0. The summed E-state index contributed by atoms with van der Waals surface area (Å²) in [6, 6.07) is 10.2. The van der Waals surface area contributed by atoms with Crippen molar-refractivity contribution in [2.75, 3.05) is 6.61 Å². The lowest BCUT2D eigenvalue weighted by molar-refractivity contribution is 0.141. The number of ether oxygens (including phenoxy) is 1. The van der Waals surface area contributed by atoms with Crippen molar-refractivity contribution in [3.8, 4) is 11.4 Å². The maximum atomic E-state index is 14.0. The predicted molar refractivity (Wildman–Crippen MR) is 124 cm³/mol. The second kappa shape index (κ2) is 9.05. The highest BCUT2D eigenvalue weighted by molar-refractivity contribution is 5.44. The highest BCUT2D eigenvalue weighted by atomic mass is 19.3. The molecule has 1 aliphatic rings. The molecule has 5 rings (SSSR count). The molecule has 1 atom stereocenters. The van der Waals surface area contributed by atoms with Crippen LogP contribution in [0.4, 0.5) is 13.2 Å². The molecule has 0 saturated heterocycles. The van der Waals surface area contributed by atoms with Crippen LogP contribution < -0.4 is 10.3 Å². The summed E-state index contributed by atoms with van der Waals surface area (Å²) < 4.78 is 50.0. The molecule has 0 saturated carbocycles. The lowest BCUT2D eigenvalue weighted by Crippen LogP contribution is -2.34. The number of aryl methyl sites for hydroxylation is 2. The summed E-state index contributed by atoms with van der Waals surface area (Å²) in [5.41, 5.74) is 3.23. The first kappa shape index (κ1) is 22.9. The Bertz CT molecular complexity index is 1460. The van der Waals surface area contributed by atoms with E-state index in [4.69, 9.17) is 4.74 Å². The van der Waals surface area contributed by atoms with Gasteiger partial charge >= 0.3 is 0 Å². The molecule has 0 spiro atoms. The number of halogens is 3. The monoisotopic (exact) mass is 480 g/mol. The molecule has 0 amide bonds. The molecule has 0 aliphatic carbocycles. The second-order valence-corrected chi connectivity index (χ2v) is 8.70. The van der Waals surface area contributed by atoms with Gasteiger partial charge in [-0.15, -0.1) is 0 Å². The number of fused-ring (bicyclic) bond motifs is 1. The minimum atomic E-state index is -2.86. The average molecular weight is 480 g/mol. The van der Waals surface area contributed by atoms with E-state index in [1.165, 1.54) is 18.2 Å². The first-order chi connectivity index (χ1) is 16.8. The number of rotatable bonds is 5. The second-order valence-electron chi connectivity index (χ2n) is 8.70. The first-order valence-electron chi connectivity index (χ1n) is 11.2. The third kappa shape index (κ3) is 4.45. The van der Waals surface area contributed by atoms with Gasteiger partial charge in [0, 0.05) is 35.9 Å². The summed E-state index contributed by atoms with van der Waals surface area (Å²) >= 11 is 0. The predicted octanol–water partition coefficient (Wildman–Crippen LogP) is 5.09. The van der Waals surface area contributed by atoms with Gasteiger partial charge in [0.05, 0.1) is 24.7 Å². The smallest absolute Gasteiger partial charge is 0.282 e. The average Bonchev–Trinajstić information content (AvgIpc) is 3.26. The fraction of sp³-hybridized carbons (Fsp3) is 0.269. The largest absolute Gasteiger partial charge is 0.493 e. The normalized spacial score (nSPS) is 15.2. The van der Waals surface area contributed by atoms with Crippen molar-refractivity contribution < 1.29 is 17.9 Å². The molecule has 0 bridgehead atoms. The van der Waals surface area contributed by atoms with E-state index in [1.54, 1.807) is 6.33 Å². The van der Waals surface area contributed by atoms with E-state index in [1.807, 2.05) is 42.8 Å². The Labute approximate surface area is 199 Å². The number of benzene rings is 2. The van der Waals surface area contributed by atoms with Crippen LogP contribution in [-0.4, -0.2) is 25.9 Å². The van der Waals surface area contributed by atoms with Gasteiger partial charge in [0.1, 0.15) is 17.3 Å². The molecule has 180 valence electrons. The molecule has 3 heterocycles. The Morgan fingerprint density at radius 3 is 2.69 bits per heavy atom. The maximum absolute atomic E-state index is 14.0. The topological polar surface area (TPSA) is 61.9 Å².